The summed E-state index contributed by atoms with van der Waals surface area (Å²) >= 11 is 0. The summed E-state index contributed by atoms with van der Waals surface area (Å²) in [5.74, 6) is 1.12. The summed E-state index contributed by atoms with van der Waals surface area (Å²) in [7, 11) is 1.95. The van der Waals surface area contributed by atoms with Gasteiger partial charge in [0, 0.05) is 25.1 Å². The molecule has 0 saturated carbocycles. The molecule has 23 heavy (non-hydrogen) atoms. The van der Waals surface area contributed by atoms with Crippen molar-refractivity contribution in [1.29, 1.82) is 0 Å². The number of benzene rings is 1. The van der Waals surface area contributed by atoms with Gasteiger partial charge in [0.05, 0.1) is 6.04 Å². The van der Waals surface area contributed by atoms with Crippen molar-refractivity contribution in [2.24, 2.45) is 13.0 Å². The molecule has 0 spiro atoms. The van der Waals surface area contributed by atoms with E-state index in [-0.39, 0.29) is 18.0 Å². The van der Waals surface area contributed by atoms with Crippen LogP contribution in [-0.4, -0.2) is 15.6 Å². The zero-order chi connectivity index (χ0) is 16.4. The molecule has 122 valence electrons. The Balaban J connectivity index is 1.74. The zero-order valence-corrected chi connectivity index (χ0v) is 14.0. The van der Waals surface area contributed by atoms with Crippen LogP contribution in [0.15, 0.2) is 30.6 Å². The summed E-state index contributed by atoms with van der Waals surface area (Å²) in [6.07, 6.45) is 6.97. The van der Waals surface area contributed by atoms with E-state index < -0.39 is 0 Å². The minimum atomic E-state index is -0.174. The number of carbonyl (C=O) groups excluding carboxylic acids is 1. The smallest absolute Gasteiger partial charge is 0.319 e. The largest absolute Gasteiger partial charge is 0.336 e. The third kappa shape index (κ3) is 3.23. The lowest BCUT2D eigenvalue weighted by atomic mass is 10.0. The Hall–Kier alpha value is -2.30. The minimum absolute atomic E-state index is 0.119. The lowest BCUT2D eigenvalue weighted by molar-refractivity contribution is 0.243. The molecule has 1 aliphatic carbocycles. The molecule has 1 heterocycles. The fourth-order valence-electron chi connectivity index (χ4n) is 3.24. The highest BCUT2D eigenvalue weighted by Gasteiger charge is 2.23. The van der Waals surface area contributed by atoms with Gasteiger partial charge in [0.1, 0.15) is 5.82 Å². The number of fused-ring (bicyclic) bond motifs is 1. The molecule has 1 unspecified atom stereocenters. The van der Waals surface area contributed by atoms with Gasteiger partial charge in [-0.25, -0.2) is 9.78 Å². The number of imidazole rings is 1. The van der Waals surface area contributed by atoms with Gasteiger partial charge in [0.2, 0.25) is 0 Å². The van der Waals surface area contributed by atoms with Crippen LogP contribution in [0.5, 0.6) is 0 Å². The van der Waals surface area contributed by atoms with Gasteiger partial charge in [-0.3, -0.25) is 0 Å². The molecule has 1 aromatic carbocycles. The maximum Gasteiger partial charge on any atom is 0.319 e. The van der Waals surface area contributed by atoms with Gasteiger partial charge in [-0.2, -0.15) is 0 Å². The van der Waals surface area contributed by atoms with Gasteiger partial charge >= 0.3 is 6.03 Å². The highest BCUT2D eigenvalue weighted by atomic mass is 16.2. The number of nitrogens with one attached hydrogen (secondary N) is 2. The maximum absolute atomic E-state index is 12.5. The van der Waals surface area contributed by atoms with Crippen molar-refractivity contribution in [3.05, 3.63) is 47.5 Å². The Morgan fingerprint density at radius 3 is 2.83 bits per heavy atom. The van der Waals surface area contributed by atoms with Crippen molar-refractivity contribution in [2.75, 3.05) is 5.32 Å². The van der Waals surface area contributed by atoms with Gasteiger partial charge in [-0.1, -0.05) is 26.0 Å². The predicted molar refractivity (Wildman–Crippen MR) is 91.4 cm³/mol. The van der Waals surface area contributed by atoms with Crippen molar-refractivity contribution >= 4 is 11.7 Å². The molecule has 0 bridgehead atoms. The fourth-order valence-corrected chi connectivity index (χ4v) is 3.24. The van der Waals surface area contributed by atoms with Gasteiger partial charge in [-0.15, -0.1) is 0 Å². The number of aryl methyl sites for hydroxylation is 2. The molecule has 0 fully saturated rings. The van der Waals surface area contributed by atoms with Crippen LogP contribution in [0.3, 0.4) is 0 Å². The van der Waals surface area contributed by atoms with Gasteiger partial charge < -0.3 is 15.2 Å². The van der Waals surface area contributed by atoms with E-state index in [4.69, 9.17) is 0 Å². The first-order valence-electron chi connectivity index (χ1n) is 8.21. The molecule has 0 saturated heterocycles. The number of amides is 2. The molecule has 1 aliphatic rings. The number of anilines is 1. The van der Waals surface area contributed by atoms with Gasteiger partial charge in [-0.05, 0) is 42.4 Å². The highest BCUT2D eigenvalue weighted by Crippen LogP contribution is 2.29. The summed E-state index contributed by atoms with van der Waals surface area (Å²) in [6, 6.07) is 5.85. The molecular weight excluding hydrogens is 288 g/mol. The third-order valence-corrected chi connectivity index (χ3v) is 4.48. The second kappa shape index (κ2) is 6.44. The van der Waals surface area contributed by atoms with E-state index in [9.17, 15) is 4.79 Å². The normalized spacial score (nSPS) is 14.6. The van der Waals surface area contributed by atoms with Crippen LogP contribution in [0.2, 0.25) is 0 Å². The zero-order valence-electron chi connectivity index (χ0n) is 14.0. The van der Waals surface area contributed by atoms with Crippen LogP contribution in [0, 0.1) is 5.92 Å². The monoisotopic (exact) mass is 312 g/mol. The lowest BCUT2D eigenvalue weighted by Gasteiger charge is -2.22. The molecule has 0 aliphatic heterocycles. The van der Waals surface area contributed by atoms with Crippen molar-refractivity contribution in [1.82, 2.24) is 14.9 Å². The number of rotatable bonds is 4. The highest BCUT2D eigenvalue weighted by molar-refractivity contribution is 5.90. The Morgan fingerprint density at radius 1 is 1.30 bits per heavy atom. The van der Waals surface area contributed by atoms with Crippen LogP contribution in [0.4, 0.5) is 10.5 Å². The quantitative estimate of drug-likeness (QED) is 0.908. The molecule has 0 radical (unpaired) electrons. The van der Waals surface area contributed by atoms with E-state index in [1.54, 1.807) is 6.20 Å². The molecule has 1 aromatic heterocycles. The van der Waals surface area contributed by atoms with E-state index >= 15 is 0 Å². The number of nitrogens with zero attached hydrogens (tertiary/aromatic N) is 2. The molecule has 5 nitrogen and oxygen atoms in total. The van der Waals surface area contributed by atoms with Gasteiger partial charge in [0.25, 0.3) is 0 Å². The number of hydrogen-bond donors (Lipinski definition) is 2. The summed E-state index contributed by atoms with van der Waals surface area (Å²) in [6.45, 7) is 4.17. The first-order chi connectivity index (χ1) is 11.1. The molecule has 2 N–H and O–H groups in total. The molecule has 2 aromatic rings. The SMILES string of the molecule is CC(C)C(NC(=O)Nc1cccc2c1CCC2)c1nccn1C. The lowest BCUT2D eigenvalue weighted by Crippen LogP contribution is -2.36. The average molecular weight is 312 g/mol. The number of carbonyl (C=O) groups is 1. The van der Waals surface area contributed by atoms with E-state index in [2.05, 4.69) is 35.5 Å². The minimum Gasteiger partial charge on any atom is -0.336 e. The number of urea groups is 1. The maximum atomic E-state index is 12.5. The fraction of sp³-hybridized carbons (Fsp3) is 0.444. The van der Waals surface area contributed by atoms with E-state index in [0.29, 0.717) is 0 Å². The van der Waals surface area contributed by atoms with E-state index in [1.165, 1.54) is 11.1 Å². The summed E-state index contributed by atoms with van der Waals surface area (Å²) in [5, 5.41) is 6.09. The van der Waals surface area contributed by atoms with Gasteiger partial charge in [0.15, 0.2) is 0 Å². The topological polar surface area (TPSA) is 59.0 Å². The standard InChI is InChI=1S/C18H24N4O/c1-12(2)16(17-19-10-11-22(17)3)21-18(23)20-15-9-5-7-13-6-4-8-14(13)15/h5,7,9-12,16H,4,6,8H2,1-3H3,(H2,20,21,23). The van der Waals surface area contributed by atoms with Crippen LogP contribution in [0.25, 0.3) is 0 Å². The van der Waals surface area contributed by atoms with Crippen molar-refractivity contribution in [3.63, 3.8) is 0 Å². The third-order valence-electron chi connectivity index (χ3n) is 4.48. The van der Waals surface area contributed by atoms with E-state index in [1.807, 2.05) is 29.9 Å². The number of hydrogen-bond acceptors (Lipinski definition) is 2. The molecule has 3 rings (SSSR count). The Morgan fingerprint density at radius 2 is 2.13 bits per heavy atom. The Labute approximate surface area is 137 Å². The summed E-state index contributed by atoms with van der Waals surface area (Å²) < 4.78 is 1.95. The van der Waals surface area contributed by atoms with E-state index in [0.717, 1.165) is 30.8 Å². The van der Waals surface area contributed by atoms with Crippen molar-refractivity contribution in [2.45, 2.75) is 39.2 Å². The molecule has 2 amide bonds. The van der Waals surface area contributed by atoms with Crippen molar-refractivity contribution in [3.8, 4) is 0 Å². The second-order valence-corrected chi connectivity index (χ2v) is 6.51. The second-order valence-electron chi connectivity index (χ2n) is 6.51. The van der Waals surface area contributed by atoms with Crippen LogP contribution in [0.1, 0.15) is 43.3 Å². The predicted octanol–water partition coefficient (Wildman–Crippen LogP) is 3.43. The van der Waals surface area contributed by atoms with Crippen molar-refractivity contribution < 1.29 is 4.79 Å². The summed E-state index contributed by atoms with van der Waals surface area (Å²) in [4.78, 5) is 16.9. The Kier molecular flexibility index (Phi) is 4.37. The average Bonchev–Trinajstić information content (AvgIpc) is 3.14. The molecule has 1 atom stereocenters. The van der Waals surface area contributed by atoms with Crippen LogP contribution < -0.4 is 10.6 Å². The molecular formula is C18H24N4O. The Bertz CT molecular complexity index is 705. The first kappa shape index (κ1) is 15.6. The van der Waals surface area contributed by atoms with Crippen LogP contribution in [-0.2, 0) is 19.9 Å². The molecule has 5 heteroatoms. The first-order valence-corrected chi connectivity index (χ1v) is 8.21. The van der Waals surface area contributed by atoms with Crippen LogP contribution >= 0.6 is 0 Å². The summed E-state index contributed by atoms with van der Waals surface area (Å²) in [5.41, 5.74) is 3.56. The number of aromatic nitrogens is 2.